The maximum absolute atomic E-state index is 13.4. The van der Waals surface area contributed by atoms with Crippen molar-refractivity contribution in [3.8, 4) is 16.9 Å². The number of ether oxygens (including phenoxy) is 1. The molecule has 0 N–H and O–H groups in total. The van der Waals surface area contributed by atoms with Crippen LogP contribution >= 0.6 is 0 Å². The molecule has 0 saturated carbocycles. The summed E-state index contributed by atoms with van der Waals surface area (Å²) in [6.07, 6.45) is 2.79. The van der Waals surface area contributed by atoms with E-state index in [0.29, 0.717) is 24.1 Å². The van der Waals surface area contributed by atoms with E-state index < -0.39 is 0 Å². The van der Waals surface area contributed by atoms with Crippen LogP contribution in [-0.4, -0.2) is 27.5 Å². The molecule has 0 unspecified atom stereocenters. The molecule has 2 heterocycles. The second-order valence-electron chi connectivity index (χ2n) is 7.62. The normalized spacial score (nSPS) is 16.0. The van der Waals surface area contributed by atoms with Crippen LogP contribution in [0.1, 0.15) is 39.6 Å². The van der Waals surface area contributed by atoms with Gasteiger partial charge in [-0.25, -0.2) is 13.9 Å². The Balaban J connectivity index is 1.61. The molecule has 1 aliphatic carbocycles. The topological polar surface area (TPSA) is 56.5 Å². The fourth-order valence-corrected chi connectivity index (χ4v) is 4.27. The fourth-order valence-electron chi connectivity index (χ4n) is 4.27. The number of hydrogen-bond acceptors (Lipinski definition) is 4. The maximum atomic E-state index is 13.4. The summed E-state index contributed by atoms with van der Waals surface area (Å²) in [4.78, 5) is 17.4. The molecular formula is C24H20FN3O2. The maximum Gasteiger partial charge on any atom is 0.166 e. The highest BCUT2D eigenvalue weighted by Gasteiger charge is 2.30. The SMILES string of the molecule is COc1ccc([C@@H]2CC(=O)c3cnc4c(-c5ccc(F)cc5)c(C)nn4c3C2)cc1. The Morgan fingerprint density at radius 3 is 2.50 bits per heavy atom. The van der Waals surface area contributed by atoms with Gasteiger partial charge < -0.3 is 4.74 Å². The van der Waals surface area contributed by atoms with Gasteiger partial charge in [0.25, 0.3) is 0 Å². The van der Waals surface area contributed by atoms with Gasteiger partial charge in [-0.1, -0.05) is 24.3 Å². The van der Waals surface area contributed by atoms with Crippen molar-refractivity contribution in [3.63, 3.8) is 0 Å². The van der Waals surface area contributed by atoms with Crippen molar-refractivity contribution >= 4 is 11.4 Å². The minimum atomic E-state index is -0.286. The van der Waals surface area contributed by atoms with Gasteiger partial charge in [0.2, 0.25) is 0 Å². The second kappa shape index (κ2) is 7.06. The van der Waals surface area contributed by atoms with E-state index in [1.807, 2.05) is 31.2 Å². The summed E-state index contributed by atoms with van der Waals surface area (Å²) < 4.78 is 20.4. The van der Waals surface area contributed by atoms with E-state index in [1.54, 1.807) is 30.0 Å². The molecule has 0 spiro atoms. The molecule has 30 heavy (non-hydrogen) atoms. The van der Waals surface area contributed by atoms with Gasteiger partial charge in [0, 0.05) is 18.2 Å². The Labute approximate surface area is 173 Å². The van der Waals surface area contributed by atoms with Crippen molar-refractivity contribution in [2.75, 3.05) is 7.11 Å². The van der Waals surface area contributed by atoms with E-state index in [-0.39, 0.29) is 17.5 Å². The van der Waals surface area contributed by atoms with Crippen LogP contribution in [0.25, 0.3) is 16.8 Å². The van der Waals surface area contributed by atoms with Gasteiger partial charge in [-0.15, -0.1) is 0 Å². The van der Waals surface area contributed by atoms with Gasteiger partial charge in [0.1, 0.15) is 11.6 Å². The summed E-state index contributed by atoms with van der Waals surface area (Å²) in [5, 5.41) is 4.70. The highest BCUT2D eigenvalue weighted by atomic mass is 19.1. The summed E-state index contributed by atoms with van der Waals surface area (Å²) in [5.74, 6) is 0.647. The Morgan fingerprint density at radius 2 is 1.80 bits per heavy atom. The van der Waals surface area contributed by atoms with Crippen LogP contribution in [0.5, 0.6) is 5.75 Å². The molecule has 1 atom stereocenters. The third-order valence-electron chi connectivity index (χ3n) is 5.81. The van der Waals surface area contributed by atoms with Crippen LogP contribution in [0.3, 0.4) is 0 Å². The van der Waals surface area contributed by atoms with Crippen LogP contribution in [0, 0.1) is 12.7 Å². The van der Waals surface area contributed by atoms with E-state index in [1.165, 1.54) is 12.1 Å². The molecule has 2 aromatic carbocycles. The Bertz CT molecular complexity index is 1260. The average molecular weight is 401 g/mol. The highest BCUT2D eigenvalue weighted by Crippen LogP contribution is 2.35. The number of Topliss-reactive ketones (excluding diaryl/α,β-unsaturated/α-hetero) is 1. The summed E-state index contributed by atoms with van der Waals surface area (Å²) in [6.45, 7) is 1.91. The first kappa shape index (κ1) is 18.5. The van der Waals surface area contributed by atoms with E-state index >= 15 is 0 Å². The standard InChI is InChI=1S/C24H20FN3O2/c1-14-23(16-3-7-18(25)8-4-16)24-26-13-20-21(28(24)27-14)11-17(12-22(20)29)15-5-9-19(30-2)10-6-15/h3-10,13,17H,11-12H2,1-2H3/t17-/m0/s1. The predicted molar refractivity (Wildman–Crippen MR) is 112 cm³/mol. The zero-order chi connectivity index (χ0) is 20.8. The lowest BCUT2D eigenvalue weighted by Crippen LogP contribution is -2.22. The molecule has 0 radical (unpaired) electrons. The Kier molecular flexibility index (Phi) is 4.35. The largest absolute Gasteiger partial charge is 0.497 e. The van der Waals surface area contributed by atoms with E-state index in [4.69, 9.17) is 9.84 Å². The smallest absolute Gasteiger partial charge is 0.166 e. The zero-order valence-electron chi connectivity index (χ0n) is 16.7. The van der Waals surface area contributed by atoms with Crippen LogP contribution in [0.4, 0.5) is 4.39 Å². The lowest BCUT2D eigenvalue weighted by molar-refractivity contribution is 0.0962. The molecule has 1 aliphatic rings. The summed E-state index contributed by atoms with van der Waals surface area (Å²) in [6, 6.07) is 14.2. The van der Waals surface area contributed by atoms with Gasteiger partial charge in [-0.3, -0.25) is 4.79 Å². The third kappa shape index (κ3) is 2.96. The zero-order valence-corrected chi connectivity index (χ0v) is 16.7. The fraction of sp³-hybridized carbons (Fsp3) is 0.208. The minimum absolute atomic E-state index is 0.0697. The van der Waals surface area contributed by atoms with E-state index in [0.717, 1.165) is 33.8 Å². The summed E-state index contributed by atoms with van der Waals surface area (Å²) in [5.41, 5.74) is 5.78. The summed E-state index contributed by atoms with van der Waals surface area (Å²) >= 11 is 0. The molecule has 6 heteroatoms. The average Bonchev–Trinajstić information content (AvgIpc) is 3.10. The first-order valence-electron chi connectivity index (χ1n) is 9.85. The van der Waals surface area contributed by atoms with Crippen LogP contribution < -0.4 is 4.74 Å². The van der Waals surface area contributed by atoms with Gasteiger partial charge >= 0.3 is 0 Å². The molecule has 0 saturated heterocycles. The number of rotatable bonds is 3. The molecule has 0 fully saturated rings. The first-order valence-corrected chi connectivity index (χ1v) is 9.85. The van der Waals surface area contributed by atoms with Gasteiger partial charge in [-0.05, 0) is 54.7 Å². The van der Waals surface area contributed by atoms with Crippen LogP contribution in [0.15, 0.2) is 54.7 Å². The molecule has 5 nitrogen and oxygen atoms in total. The van der Waals surface area contributed by atoms with Crippen molar-refractivity contribution in [1.82, 2.24) is 14.6 Å². The molecular weight excluding hydrogens is 381 g/mol. The number of methoxy groups -OCH3 is 1. The van der Waals surface area contributed by atoms with Crippen molar-refractivity contribution < 1.29 is 13.9 Å². The molecule has 0 bridgehead atoms. The molecule has 2 aromatic heterocycles. The van der Waals surface area contributed by atoms with E-state index in [9.17, 15) is 9.18 Å². The lowest BCUT2D eigenvalue weighted by atomic mass is 9.82. The number of benzene rings is 2. The number of carbonyl (C=O) groups is 1. The lowest BCUT2D eigenvalue weighted by Gasteiger charge is -2.24. The molecule has 5 rings (SSSR count). The highest BCUT2D eigenvalue weighted by molar-refractivity contribution is 5.99. The van der Waals surface area contributed by atoms with Crippen molar-refractivity contribution in [3.05, 3.63) is 83.1 Å². The number of carbonyl (C=O) groups excluding carboxylic acids is 1. The molecule has 150 valence electrons. The van der Waals surface area contributed by atoms with Crippen molar-refractivity contribution in [2.24, 2.45) is 0 Å². The van der Waals surface area contributed by atoms with Crippen LogP contribution in [-0.2, 0) is 6.42 Å². The molecule has 0 amide bonds. The first-order chi connectivity index (χ1) is 14.5. The number of nitrogens with zero attached hydrogens (tertiary/aromatic N) is 3. The monoisotopic (exact) mass is 401 g/mol. The predicted octanol–water partition coefficient (Wildman–Crippen LogP) is 4.77. The number of aryl methyl sites for hydroxylation is 1. The number of hydrogen-bond donors (Lipinski definition) is 0. The van der Waals surface area contributed by atoms with Crippen molar-refractivity contribution in [1.29, 1.82) is 0 Å². The van der Waals surface area contributed by atoms with Gasteiger partial charge in [0.05, 0.1) is 24.1 Å². The van der Waals surface area contributed by atoms with Gasteiger partial charge in [-0.2, -0.15) is 5.10 Å². The Morgan fingerprint density at radius 1 is 1.07 bits per heavy atom. The van der Waals surface area contributed by atoms with E-state index in [2.05, 4.69) is 4.98 Å². The number of fused-ring (bicyclic) bond motifs is 3. The summed E-state index contributed by atoms with van der Waals surface area (Å²) in [7, 11) is 1.64. The third-order valence-corrected chi connectivity index (χ3v) is 5.81. The second-order valence-corrected chi connectivity index (χ2v) is 7.62. The van der Waals surface area contributed by atoms with Crippen LogP contribution in [0.2, 0.25) is 0 Å². The number of ketones is 1. The van der Waals surface area contributed by atoms with Gasteiger partial charge in [0.15, 0.2) is 11.4 Å². The Hall–Kier alpha value is -3.54. The minimum Gasteiger partial charge on any atom is -0.497 e. The van der Waals surface area contributed by atoms with Crippen molar-refractivity contribution in [2.45, 2.75) is 25.7 Å². The molecule has 4 aromatic rings. The number of halogens is 1. The molecule has 0 aliphatic heterocycles. The quantitative estimate of drug-likeness (QED) is 0.496. The number of aromatic nitrogens is 3.